The van der Waals surface area contributed by atoms with Crippen LogP contribution in [0.25, 0.3) is 0 Å². The lowest BCUT2D eigenvalue weighted by atomic mass is 10.0. The van der Waals surface area contributed by atoms with E-state index >= 15 is 0 Å². The van der Waals surface area contributed by atoms with E-state index in [0.717, 1.165) is 0 Å². The van der Waals surface area contributed by atoms with E-state index in [4.69, 9.17) is 0 Å². The van der Waals surface area contributed by atoms with Crippen LogP contribution in [0.5, 0.6) is 0 Å². The highest BCUT2D eigenvalue weighted by Crippen LogP contribution is 2.15. The molecule has 0 atom stereocenters. The van der Waals surface area contributed by atoms with E-state index < -0.39 is 0 Å². The minimum Gasteiger partial charge on any atom is -0.365 e. The molecular formula is C24H45N. The van der Waals surface area contributed by atoms with Gasteiger partial charge in [0.2, 0.25) is 0 Å². The maximum atomic E-state index is 3.28. The van der Waals surface area contributed by atoms with Crippen molar-refractivity contribution in [3.8, 4) is 0 Å². The summed E-state index contributed by atoms with van der Waals surface area (Å²) < 4.78 is 0. The number of rotatable bonds is 18. The SMILES string of the molecule is CCCCCCCCCCCCCCCCCCCc1cc[nH]c1C. The van der Waals surface area contributed by atoms with Gasteiger partial charge in [-0.15, -0.1) is 0 Å². The largest absolute Gasteiger partial charge is 0.365 e. The summed E-state index contributed by atoms with van der Waals surface area (Å²) in [5, 5.41) is 0. The Morgan fingerprint density at radius 3 is 1.36 bits per heavy atom. The summed E-state index contributed by atoms with van der Waals surface area (Å²) in [6, 6.07) is 2.24. The summed E-state index contributed by atoms with van der Waals surface area (Å²) in [6.07, 6.45) is 28.0. The highest BCUT2D eigenvalue weighted by Gasteiger charge is 1.99. The van der Waals surface area contributed by atoms with Gasteiger partial charge in [0.1, 0.15) is 0 Å². The fourth-order valence-corrected chi connectivity index (χ4v) is 3.80. The second-order valence-electron chi connectivity index (χ2n) is 8.03. The lowest BCUT2D eigenvalue weighted by molar-refractivity contribution is 0.527. The molecule has 1 N–H and O–H groups in total. The molecule has 0 fully saturated rings. The summed E-state index contributed by atoms with van der Waals surface area (Å²) in [6.45, 7) is 4.48. The molecule has 1 aromatic rings. The van der Waals surface area contributed by atoms with Crippen LogP contribution >= 0.6 is 0 Å². The molecule has 0 aliphatic heterocycles. The Kier molecular flexibility index (Phi) is 14.9. The Balaban J connectivity index is 1.70. The third-order valence-corrected chi connectivity index (χ3v) is 5.62. The molecule has 1 aromatic heterocycles. The number of H-pyrrole nitrogens is 1. The van der Waals surface area contributed by atoms with E-state index in [2.05, 4.69) is 31.1 Å². The van der Waals surface area contributed by atoms with Gasteiger partial charge >= 0.3 is 0 Å². The van der Waals surface area contributed by atoms with Crippen molar-refractivity contribution < 1.29 is 0 Å². The highest BCUT2D eigenvalue weighted by atomic mass is 14.7. The van der Waals surface area contributed by atoms with Gasteiger partial charge in [0.25, 0.3) is 0 Å². The van der Waals surface area contributed by atoms with Crippen LogP contribution in [0.1, 0.15) is 127 Å². The molecular weight excluding hydrogens is 302 g/mol. The maximum Gasteiger partial charge on any atom is 0.0148 e. The van der Waals surface area contributed by atoms with Crippen LogP contribution in [0.3, 0.4) is 0 Å². The van der Waals surface area contributed by atoms with E-state index in [1.54, 1.807) is 0 Å². The van der Waals surface area contributed by atoms with Crippen LogP contribution in [0.4, 0.5) is 0 Å². The number of hydrogen-bond donors (Lipinski definition) is 1. The molecule has 0 aliphatic carbocycles. The molecule has 0 aromatic carbocycles. The second-order valence-corrected chi connectivity index (χ2v) is 8.03. The van der Waals surface area contributed by atoms with Gasteiger partial charge in [0.15, 0.2) is 0 Å². The van der Waals surface area contributed by atoms with E-state index in [1.807, 2.05) is 0 Å². The molecule has 0 radical (unpaired) electrons. The molecule has 0 amide bonds. The number of aryl methyl sites for hydroxylation is 2. The van der Waals surface area contributed by atoms with Crippen molar-refractivity contribution in [3.05, 3.63) is 23.5 Å². The normalized spacial score (nSPS) is 11.3. The minimum atomic E-state index is 1.26. The Hall–Kier alpha value is -0.720. The molecule has 0 bridgehead atoms. The summed E-state index contributed by atoms with van der Waals surface area (Å²) in [5.74, 6) is 0. The van der Waals surface area contributed by atoms with Gasteiger partial charge in [-0.25, -0.2) is 0 Å². The van der Waals surface area contributed by atoms with E-state index in [1.165, 1.54) is 127 Å². The molecule has 0 unspecified atom stereocenters. The van der Waals surface area contributed by atoms with E-state index in [9.17, 15) is 0 Å². The first-order valence-electron chi connectivity index (χ1n) is 11.5. The highest BCUT2D eigenvalue weighted by molar-refractivity contribution is 5.18. The first-order valence-corrected chi connectivity index (χ1v) is 11.5. The van der Waals surface area contributed by atoms with Gasteiger partial charge in [0.05, 0.1) is 0 Å². The molecule has 0 saturated carbocycles. The molecule has 0 saturated heterocycles. The predicted molar refractivity (Wildman–Crippen MR) is 113 cm³/mol. The van der Waals surface area contributed by atoms with Gasteiger partial charge in [-0.3, -0.25) is 0 Å². The van der Waals surface area contributed by atoms with Crippen LogP contribution < -0.4 is 0 Å². The zero-order valence-corrected chi connectivity index (χ0v) is 17.4. The Labute approximate surface area is 158 Å². The Morgan fingerprint density at radius 1 is 0.600 bits per heavy atom. The van der Waals surface area contributed by atoms with Gasteiger partial charge in [-0.1, -0.05) is 110 Å². The van der Waals surface area contributed by atoms with Gasteiger partial charge in [-0.05, 0) is 31.4 Å². The fourth-order valence-electron chi connectivity index (χ4n) is 3.80. The van der Waals surface area contributed by atoms with Crippen LogP contribution in [-0.2, 0) is 6.42 Å². The number of nitrogens with one attached hydrogen (secondary N) is 1. The molecule has 1 nitrogen and oxygen atoms in total. The van der Waals surface area contributed by atoms with Crippen LogP contribution in [0.15, 0.2) is 12.3 Å². The summed E-state index contributed by atoms with van der Waals surface area (Å²) in [4.78, 5) is 3.28. The molecule has 146 valence electrons. The summed E-state index contributed by atoms with van der Waals surface area (Å²) in [7, 11) is 0. The standard InChI is InChI=1S/C24H45N/c1-3-4-5-6-7-8-9-10-11-12-13-14-15-16-17-18-19-20-24-21-22-25-23(24)2/h21-22,25H,3-20H2,1-2H3. The molecule has 1 rings (SSSR count). The minimum absolute atomic E-state index is 1.26. The second kappa shape index (κ2) is 16.7. The van der Waals surface area contributed by atoms with Crippen molar-refractivity contribution in [3.63, 3.8) is 0 Å². The van der Waals surface area contributed by atoms with Gasteiger partial charge < -0.3 is 4.98 Å². The van der Waals surface area contributed by atoms with Crippen molar-refractivity contribution in [1.29, 1.82) is 0 Å². The lowest BCUT2D eigenvalue weighted by Gasteiger charge is -2.04. The predicted octanol–water partition coefficient (Wildman–Crippen LogP) is 8.52. The summed E-state index contributed by atoms with van der Waals surface area (Å²) >= 11 is 0. The Bertz CT molecular complexity index is 379. The van der Waals surface area contributed by atoms with Crippen LogP contribution in [0.2, 0.25) is 0 Å². The number of aromatic amines is 1. The zero-order valence-electron chi connectivity index (χ0n) is 17.4. The average molecular weight is 348 g/mol. The number of aromatic nitrogens is 1. The summed E-state index contributed by atoms with van der Waals surface area (Å²) in [5.41, 5.74) is 2.87. The van der Waals surface area contributed by atoms with Gasteiger partial charge in [-0.2, -0.15) is 0 Å². The monoisotopic (exact) mass is 347 g/mol. The van der Waals surface area contributed by atoms with Crippen molar-refractivity contribution >= 4 is 0 Å². The molecule has 0 spiro atoms. The first-order chi connectivity index (χ1) is 12.3. The first kappa shape index (κ1) is 22.3. The van der Waals surface area contributed by atoms with Crippen molar-refractivity contribution in [2.24, 2.45) is 0 Å². The van der Waals surface area contributed by atoms with Gasteiger partial charge in [0, 0.05) is 11.9 Å². The molecule has 1 heteroatoms. The number of hydrogen-bond acceptors (Lipinski definition) is 0. The smallest absolute Gasteiger partial charge is 0.0148 e. The zero-order chi connectivity index (χ0) is 18.0. The van der Waals surface area contributed by atoms with Crippen molar-refractivity contribution in [2.75, 3.05) is 0 Å². The van der Waals surface area contributed by atoms with Crippen LogP contribution in [-0.4, -0.2) is 4.98 Å². The Morgan fingerprint density at radius 2 is 1.00 bits per heavy atom. The van der Waals surface area contributed by atoms with Crippen molar-refractivity contribution in [2.45, 2.75) is 129 Å². The molecule has 25 heavy (non-hydrogen) atoms. The fraction of sp³-hybridized carbons (Fsp3) is 0.833. The molecule has 1 heterocycles. The quantitative estimate of drug-likeness (QED) is 0.256. The lowest BCUT2D eigenvalue weighted by Crippen LogP contribution is -1.87. The van der Waals surface area contributed by atoms with E-state index in [0.29, 0.717) is 0 Å². The average Bonchev–Trinajstić information content (AvgIpc) is 3.02. The van der Waals surface area contributed by atoms with Crippen molar-refractivity contribution in [1.82, 2.24) is 4.98 Å². The van der Waals surface area contributed by atoms with Crippen LogP contribution in [0, 0.1) is 6.92 Å². The topological polar surface area (TPSA) is 15.8 Å². The third-order valence-electron chi connectivity index (χ3n) is 5.62. The number of unbranched alkanes of at least 4 members (excludes halogenated alkanes) is 16. The maximum absolute atomic E-state index is 3.28. The third kappa shape index (κ3) is 13.2. The molecule has 0 aliphatic rings. The van der Waals surface area contributed by atoms with E-state index in [-0.39, 0.29) is 0 Å².